The van der Waals surface area contributed by atoms with Gasteiger partial charge in [0, 0.05) is 25.8 Å². The van der Waals surface area contributed by atoms with Gasteiger partial charge in [-0.3, -0.25) is 4.68 Å². The minimum Gasteiger partial charge on any atom is -0.378 e. The Morgan fingerprint density at radius 3 is 2.88 bits per heavy atom. The molecule has 0 bridgehead atoms. The van der Waals surface area contributed by atoms with Crippen molar-refractivity contribution in [2.75, 3.05) is 19.8 Å². The summed E-state index contributed by atoms with van der Waals surface area (Å²) in [6.07, 6.45) is 2.88. The lowest BCUT2D eigenvalue weighted by molar-refractivity contribution is 0.0393. The fourth-order valence-electron chi connectivity index (χ4n) is 1.74. The summed E-state index contributed by atoms with van der Waals surface area (Å²) in [7, 11) is -1.72. The third-order valence-electron chi connectivity index (χ3n) is 2.59. The van der Waals surface area contributed by atoms with Crippen molar-refractivity contribution in [2.24, 2.45) is 7.05 Å². The second-order valence-electron chi connectivity index (χ2n) is 3.89. The van der Waals surface area contributed by atoms with Crippen molar-refractivity contribution in [1.29, 1.82) is 0 Å². The molecular formula is C9H15N3O3S. The minimum atomic E-state index is -3.42. The van der Waals surface area contributed by atoms with E-state index in [-0.39, 0.29) is 10.9 Å². The maximum atomic E-state index is 12.2. The molecule has 0 amide bonds. The summed E-state index contributed by atoms with van der Waals surface area (Å²) in [4.78, 5) is 0.240. The van der Waals surface area contributed by atoms with Gasteiger partial charge in [-0.15, -0.1) is 0 Å². The number of morpholine rings is 1. The summed E-state index contributed by atoms with van der Waals surface area (Å²) in [5.74, 6) is 0. The van der Waals surface area contributed by atoms with Gasteiger partial charge in [-0.05, 0) is 6.92 Å². The first-order valence-electron chi connectivity index (χ1n) is 5.10. The number of aromatic nitrogens is 2. The van der Waals surface area contributed by atoms with Gasteiger partial charge in [0.1, 0.15) is 4.90 Å². The molecule has 1 aromatic rings. The summed E-state index contributed by atoms with van der Waals surface area (Å²) in [5.41, 5.74) is 0. The van der Waals surface area contributed by atoms with E-state index in [9.17, 15) is 8.42 Å². The maximum absolute atomic E-state index is 12.2. The van der Waals surface area contributed by atoms with Gasteiger partial charge in [0.05, 0.1) is 19.4 Å². The smallest absolute Gasteiger partial charge is 0.246 e. The molecule has 90 valence electrons. The molecule has 2 rings (SSSR count). The number of sulfonamides is 1. The normalized spacial score (nSPS) is 23.5. The zero-order valence-corrected chi connectivity index (χ0v) is 10.1. The second kappa shape index (κ2) is 4.15. The fraction of sp³-hybridized carbons (Fsp3) is 0.667. The number of rotatable bonds is 2. The molecule has 0 aliphatic carbocycles. The average Bonchev–Trinajstić information content (AvgIpc) is 2.66. The predicted octanol–water partition coefficient (Wildman–Crippen LogP) is -0.170. The van der Waals surface area contributed by atoms with Crippen LogP contribution >= 0.6 is 0 Å². The first-order chi connectivity index (χ1) is 7.51. The molecule has 1 saturated heterocycles. The number of aryl methyl sites for hydroxylation is 1. The standard InChI is InChI=1S/C9H15N3O3S/c1-8-7-15-4-3-12(8)16(13,14)9-5-10-11(2)6-9/h5-6,8H,3-4,7H2,1-2H3/t8-/m1/s1. The molecular weight excluding hydrogens is 230 g/mol. The van der Waals surface area contributed by atoms with Crippen LogP contribution in [0.4, 0.5) is 0 Å². The third-order valence-corrected chi connectivity index (χ3v) is 4.56. The number of nitrogens with zero attached hydrogens (tertiary/aromatic N) is 3. The van der Waals surface area contributed by atoms with Crippen molar-refractivity contribution in [3.8, 4) is 0 Å². The molecule has 1 aromatic heterocycles. The molecule has 0 aromatic carbocycles. The van der Waals surface area contributed by atoms with Crippen LogP contribution in [-0.2, 0) is 21.8 Å². The monoisotopic (exact) mass is 245 g/mol. The van der Waals surface area contributed by atoms with Gasteiger partial charge >= 0.3 is 0 Å². The van der Waals surface area contributed by atoms with E-state index in [2.05, 4.69) is 5.10 Å². The lowest BCUT2D eigenvalue weighted by atomic mass is 10.3. The molecule has 6 nitrogen and oxygen atoms in total. The third kappa shape index (κ3) is 1.98. The van der Waals surface area contributed by atoms with E-state index in [1.54, 1.807) is 7.05 Å². The lowest BCUT2D eigenvalue weighted by Crippen LogP contribution is -2.46. The zero-order chi connectivity index (χ0) is 11.8. The molecule has 0 saturated carbocycles. The second-order valence-corrected chi connectivity index (χ2v) is 5.78. The first kappa shape index (κ1) is 11.6. The predicted molar refractivity (Wildman–Crippen MR) is 57.4 cm³/mol. The summed E-state index contributed by atoms with van der Waals surface area (Å²) in [6.45, 7) is 3.13. The van der Waals surface area contributed by atoms with Gasteiger partial charge in [0.25, 0.3) is 0 Å². The highest BCUT2D eigenvalue weighted by atomic mass is 32.2. The Morgan fingerprint density at radius 2 is 2.31 bits per heavy atom. The average molecular weight is 245 g/mol. The van der Waals surface area contributed by atoms with E-state index >= 15 is 0 Å². The van der Waals surface area contributed by atoms with E-state index in [1.165, 1.54) is 21.4 Å². The highest BCUT2D eigenvalue weighted by Crippen LogP contribution is 2.19. The van der Waals surface area contributed by atoms with Crippen LogP contribution in [0.3, 0.4) is 0 Å². The van der Waals surface area contributed by atoms with Crippen LogP contribution in [0.15, 0.2) is 17.3 Å². The van der Waals surface area contributed by atoms with E-state index in [0.29, 0.717) is 19.8 Å². The van der Waals surface area contributed by atoms with Gasteiger partial charge in [0.2, 0.25) is 10.0 Å². The molecule has 0 N–H and O–H groups in total. The van der Waals surface area contributed by atoms with Crippen LogP contribution in [0, 0.1) is 0 Å². The van der Waals surface area contributed by atoms with Crippen molar-refractivity contribution in [3.63, 3.8) is 0 Å². The Hall–Kier alpha value is -0.920. The van der Waals surface area contributed by atoms with E-state index in [0.717, 1.165) is 0 Å². The van der Waals surface area contributed by atoms with Crippen LogP contribution in [0.5, 0.6) is 0 Å². The molecule has 0 unspecified atom stereocenters. The number of ether oxygens (including phenoxy) is 1. The van der Waals surface area contributed by atoms with Gasteiger partial charge in [0.15, 0.2) is 0 Å². The van der Waals surface area contributed by atoms with Gasteiger partial charge in [-0.1, -0.05) is 0 Å². The van der Waals surface area contributed by atoms with Crippen molar-refractivity contribution < 1.29 is 13.2 Å². The fourth-order valence-corrected chi connectivity index (χ4v) is 3.32. The molecule has 7 heteroatoms. The zero-order valence-electron chi connectivity index (χ0n) is 9.33. The SMILES string of the molecule is C[C@@H]1COCCN1S(=O)(=O)c1cnn(C)c1. The van der Waals surface area contributed by atoms with E-state index in [4.69, 9.17) is 4.74 Å². The summed E-state index contributed by atoms with van der Waals surface area (Å²) in [5, 5.41) is 3.88. The Balaban J connectivity index is 2.31. The molecule has 2 heterocycles. The highest BCUT2D eigenvalue weighted by molar-refractivity contribution is 7.89. The van der Waals surface area contributed by atoms with Gasteiger partial charge in [-0.25, -0.2) is 8.42 Å². The van der Waals surface area contributed by atoms with E-state index < -0.39 is 10.0 Å². The Labute approximate surface area is 94.9 Å². The maximum Gasteiger partial charge on any atom is 0.246 e. The van der Waals surface area contributed by atoms with E-state index in [1.807, 2.05) is 6.92 Å². The topological polar surface area (TPSA) is 64.4 Å². The quantitative estimate of drug-likeness (QED) is 0.725. The molecule has 0 spiro atoms. The van der Waals surface area contributed by atoms with Crippen LogP contribution in [-0.4, -0.2) is 48.3 Å². The van der Waals surface area contributed by atoms with Crippen molar-refractivity contribution in [2.45, 2.75) is 17.9 Å². The first-order valence-corrected chi connectivity index (χ1v) is 6.54. The molecule has 1 atom stereocenters. The van der Waals surface area contributed by atoms with Crippen molar-refractivity contribution in [3.05, 3.63) is 12.4 Å². The van der Waals surface area contributed by atoms with Crippen molar-refractivity contribution in [1.82, 2.24) is 14.1 Å². The van der Waals surface area contributed by atoms with Crippen LogP contribution in [0.2, 0.25) is 0 Å². The molecule has 1 aliphatic rings. The van der Waals surface area contributed by atoms with Crippen LogP contribution in [0.1, 0.15) is 6.92 Å². The Bertz CT molecular complexity index is 468. The van der Waals surface area contributed by atoms with Crippen LogP contribution < -0.4 is 0 Å². The lowest BCUT2D eigenvalue weighted by Gasteiger charge is -2.31. The van der Waals surface area contributed by atoms with Gasteiger partial charge < -0.3 is 4.74 Å². The molecule has 1 fully saturated rings. The summed E-state index contributed by atoms with van der Waals surface area (Å²) in [6, 6.07) is -0.126. The summed E-state index contributed by atoms with van der Waals surface area (Å²) < 4.78 is 32.6. The minimum absolute atomic E-state index is 0.126. The number of hydrogen-bond acceptors (Lipinski definition) is 4. The van der Waals surface area contributed by atoms with Crippen LogP contribution in [0.25, 0.3) is 0 Å². The van der Waals surface area contributed by atoms with Crippen molar-refractivity contribution >= 4 is 10.0 Å². The highest BCUT2D eigenvalue weighted by Gasteiger charge is 2.32. The Morgan fingerprint density at radius 1 is 1.56 bits per heavy atom. The number of hydrogen-bond donors (Lipinski definition) is 0. The summed E-state index contributed by atoms with van der Waals surface area (Å²) >= 11 is 0. The molecule has 16 heavy (non-hydrogen) atoms. The van der Waals surface area contributed by atoms with Gasteiger partial charge in [-0.2, -0.15) is 9.40 Å². The molecule has 0 radical (unpaired) electrons. The Kier molecular flexibility index (Phi) is 3.00. The largest absolute Gasteiger partial charge is 0.378 e. The molecule has 1 aliphatic heterocycles.